The Morgan fingerprint density at radius 3 is 2.57 bits per heavy atom. The van der Waals surface area contributed by atoms with E-state index in [9.17, 15) is 23.1 Å². The van der Waals surface area contributed by atoms with Crippen molar-refractivity contribution in [3.05, 3.63) is 29.3 Å². The topological polar surface area (TPSA) is 58.6 Å². The number of hydrogen-bond donors (Lipinski definition) is 2. The predicted molar refractivity (Wildman–Crippen MR) is 80.0 cm³/mol. The van der Waals surface area contributed by atoms with Crippen LogP contribution in [-0.2, 0) is 11.3 Å². The Morgan fingerprint density at radius 2 is 2.00 bits per heavy atom. The first kappa shape index (κ1) is 19.3. The first-order valence-electron chi connectivity index (χ1n) is 7.32. The molecule has 1 unspecified atom stereocenters. The lowest BCUT2D eigenvalue weighted by molar-refractivity contribution is -0.153. The van der Waals surface area contributed by atoms with Crippen molar-refractivity contribution < 1.29 is 27.8 Å². The summed E-state index contributed by atoms with van der Waals surface area (Å²) < 4.78 is 41.7. The molecule has 1 amide bonds. The van der Waals surface area contributed by atoms with Gasteiger partial charge in [0.15, 0.2) is 6.61 Å². The quantitative estimate of drug-likeness (QED) is 0.806. The maximum absolute atomic E-state index is 12.3. The van der Waals surface area contributed by atoms with E-state index in [1.807, 2.05) is 0 Å². The minimum atomic E-state index is -4.42. The molecule has 1 atom stereocenters. The average Bonchev–Trinajstić information content (AvgIpc) is 2.43. The number of rotatable bonds is 7. The zero-order valence-electron chi connectivity index (χ0n) is 13.4. The van der Waals surface area contributed by atoms with Crippen molar-refractivity contribution in [3.63, 3.8) is 0 Å². The molecule has 4 nitrogen and oxygen atoms in total. The number of aliphatic hydroxyl groups is 1. The molecular formula is C16H22F3NO3. The lowest BCUT2D eigenvalue weighted by atomic mass is 10.0. The third kappa shape index (κ3) is 7.36. The third-order valence-electron chi connectivity index (χ3n) is 3.25. The van der Waals surface area contributed by atoms with Crippen LogP contribution in [0.2, 0.25) is 0 Å². The minimum Gasteiger partial charge on any atom is -0.484 e. The molecule has 0 heterocycles. The van der Waals surface area contributed by atoms with Gasteiger partial charge in [0.25, 0.3) is 0 Å². The zero-order valence-corrected chi connectivity index (χ0v) is 13.4. The second-order valence-corrected chi connectivity index (χ2v) is 5.81. The monoisotopic (exact) mass is 333 g/mol. The Hall–Kier alpha value is -1.76. The fourth-order valence-corrected chi connectivity index (χ4v) is 1.79. The molecule has 2 N–H and O–H groups in total. The van der Waals surface area contributed by atoms with Crippen LogP contribution in [0.4, 0.5) is 13.2 Å². The maximum atomic E-state index is 12.3. The fraction of sp³-hybridized carbons (Fsp3) is 0.562. The molecule has 0 aliphatic rings. The van der Waals surface area contributed by atoms with Crippen molar-refractivity contribution in [2.45, 2.75) is 46.0 Å². The van der Waals surface area contributed by atoms with E-state index in [1.165, 1.54) is 6.07 Å². The molecular weight excluding hydrogens is 311 g/mol. The summed E-state index contributed by atoms with van der Waals surface area (Å²) in [5.41, 5.74) is 1.21. The van der Waals surface area contributed by atoms with Gasteiger partial charge in [-0.15, -0.1) is 0 Å². The van der Waals surface area contributed by atoms with Crippen molar-refractivity contribution >= 4 is 5.91 Å². The normalized spacial score (nSPS) is 13.0. The highest BCUT2D eigenvalue weighted by atomic mass is 19.4. The number of carbonyl (C=O) groups is 1. The number of hydrogen-bond acceptors (Lipinski definition) is 3. The lowest BCUT2D eigenvalue weighted by Crippen LogP contribution is -2.29. The van der Waals surface area contributed by atoms with Gasteiger partial charge in [0, 0.05) is 12.1 Å². The van der Waals surface area contributed by atoms with Crippen LogP contribution in [0.3, 0.4) is 0 Å². The Morgan fingerprint density at radius 1 is 1.35 bits per heavy atom. The van der Waals surface area contributed by atoms with Crippen molar-refractivity contribution in [1.82, 2.24) is 5.32 Å². The Labute approximate surface area is 133 Å². The number of ether oxygens (including phenoxy) is 1. The molecule has 0 bridgehead atoms. The molecule has 1 aromatic rings. The van der Waals surface area contributed by atoms with Crippen LogP contribution >= 0.6 is 0 Å². The standard InChI is InChI=1S/C16H22F3NO3/c1-10(2)13(21)7-15(22)20-8-12-5-4-11(3)6-14(12)23-9-16(17,18)19/h4-6,10,13,21H,7-9H2,1-3H3,(H,20,22). The predicted octanol–water partition coefficient (Wildman–Crippen LogP) is 2.96. The molecule has 0 fully saturated rings. The molecule has 0 radical (unpaired) electrons. The molecule has 130 valence electrons. The second-order valence-electron chi connectivity index (χ2n) is 5.81. The smallest absolute Gasteiger partial charge is 0.422 e. The molecule has 7 heteroatoms. The molecule has 0 aliphatic carbocycles. The Kier molecular flexibility index (Phi) is 6.87. The Bertz CT molecular complexity index is 530. The van der Waals surface area contributed by atoms with E-state index >= 15 is 0 Å². The minimum absolute atomic E-state index is 0.0388. The van der Waals surface area contributed by atoms with Gasteiger partial charge in [0.05, 0.1) is 12.5 Å². The first-order valence-corrected chi connectivity index (χ1v) is 7.32. The van der Waals surface area contributed by atoms with Crippen LogP contribution in [-0.4, -0.2) is 29.9 Å². The SMILES string of the molecule is Cc1ccc(CNC(=O)CC(O)C(C)C)c(OCC(F)(F)F)c1. The van der Waals surface area contributed by atoms with Gasteiger partial charge in [0.2, 0.25) is 5.91 Å². The van der Waals surface area contributed by atoms with Gasteiger partial charge < -0.3 is 15.2 Å². The van der Waals surface area contributed by atoms with E-state index in [0.29, 0.717) is 5.56 Å². The van der Waals surface area contributed by atoms with E-state index in [4.69, 9.17) is 4.74 Å². The van der Waals surface area contributed by atoms with Crippen LogP contribution in [0, 0.1) is 12.8 Å². The number of aliphatic hydroxyl groups excluding tert-OH is 1. The van der Waals surface area contributed by atoms with E-state index in [0.717, 1.165) is 5.56 Å². The van der Waals surface area contributed by atoms with Crippen LogP contribution in [0.25, 0.3) is 0 Å². The fourth-order valence-electron chi connectivity index (χ4n) is 1.79. The van der Waals surface area contributed by atoms with E-state index in [-0.39, 0.29) is 30.5 Å². The summed E-state index contributed by atoms with van der Waals surface area (Å²) in [5, 5.41) is 12.2. The summed E-state index contributed by atoms with van der Waals surface area (Å²) in [6.45, 7) is 3.98. The molecule has 0 saturated carbocycles. The van der Waals surface area contributed by atoms with Gasteiger partial charge >= 0.3 is 6.18 Å². The second kappa shape index (κ2) is 8.19. The number of carbonyl (C=O) groups excluding carboxylic acids is 1. The highest BCUT2D eigenvalue weighted by Gasteiger charge is 2.28. The average molecular weight is 333 g/mol. The highest BCUT2D eigenvalue weighted by molar-refractivity contribution is 5.76. The van der Waals surface area contributed by atoms with Crippen molar-refractivity contribution in [2.75, 3.05) is 6.61 Å². The van der Waals surface area contributed by atoms with Crippen molar-refractivity contribution in [1.29, 1.82) is 0 Å². The number of aryl methyl sites for hydroxylation is 1. The van der Waals surface area contributed by atoms with Crippen molar-refractivity contribution in [2.24, 2.45) is 5.92 Å². The lowest BCUT2D eigenvalue weighted by Gasteiger charge is -2.16. The van der Waals surface area contributed by atoms with Crippen LogP contribution < -0.4 is 10.1 Å². The number of nitrogens with one attached hydrogen (secondary N) is 1. The van der Waals surface area contributed by atoms with E-state index in [1.54, 1.807) is 32.9 Å². The van der Waals surface area contributed by atoms with Gasteiger partial charge in [-0.1, -0.05) is 26.0 Å². The third-order valence-corrected chi connectivity index (χ3v) is 3.25. The van der Waals surface area contributed by atoms with Gasteiger partial charge in [-0.25, -0.2) is 0 Å². The van der Waals surface area contributed by atoms with E-state index < -0.39 is 18.9 Å². The number of alkyl halides is 3. The van der Waals surface area contributed by atoms with Gasteiger partial charge in [-0.3, -0.25) is 4.79 Å². The number of benzene rings is 1. The summed E-state index contributed by atoms with van der Waals surface area (Å²) >= 11 is 0. The molecule has 0 aromatic heterocycles. The Balaban J connectivity index is 2.67. The van der Waals surface area contributed by atoms with Gasteiger partial charge in [-0.05, 0) is 24.5 Å². The highest BCUT2D eigenvalue weighted by Crippen LogP contribution is 2.23. The number of amides is 1. The number of halogens is 3. The molecule has 1 rings (SSSR count). The van der Waals surface area contributed by atoms with Gasteiger partial charge in [0.1, 0.15) is 5.75 Å². The molecule has 1 aromatic carbocycles. The molecule has 0 aliphatic heterocycles. The maximum Gasteiger partial charge on any atom is 0.422 e. The summed E-state index contributed by atoms with van der Waals surface area (Å²) in [4.78, 5) is 11.7. The first-order chi connectivity index (χ1) is 10.6. The van der Waals surface area contributed by atoms with Crippen LogP contribution in [0.5, 0.6) is 5.75 Å². The summed E-state index contributed by atoms with van der Waals surface area (Å²) in [6.07, 6.45) is -5.23. The van der Waals surface area contributed by atoms with E-state index in [2.05, 4.69) is 5.32 Å². The van der Waals surface area contributed by atoms with Crippen LogP contribution in [0.15, 0.2) is 18.2 Å². The summed E-state index contributed by atoms with van der Waals surface area (Å²) in [7, 11) is 0. The molecule has 0 spiro atoms. The zero-order chi connectivity index (χ0) is 17.6. The molecule has 23 heavy (non-hydrogen) atoms. The van der Waals surface area contributed by atoms with Crippen LogP contribution in [0.1, 0.15) is 31.4 Å². The molecule has 0 saturated heterocycles. The van der Waals surface area contributed by atoms with Crippen molar-refractivity contribution in [3.8, 4) is 5.75 Å². The largest absolute Gasteiger partial charge is 0.484 e. The summed E-state index contributed by atoms with van der Waals surface area (Å²) in [5.74, 6) is -0.327. The van der Waals surface area contributed by atoms with Gasteiger partial charge in [-0.2, -0.15) is 13.2 Å². The summed E-state index contributed by atoms with van der Waals surface area (Å²) in [6, 6.07) is 4.83.